The molecule has 4 heteroatoms. The largest absolute Gasteiger partial charge is 0.493 e. The molecule has 2 atom stereocenters. The Morgan fingerprint density at radius 1 is 1.56 bits per heavy atom. The fraction of sp³-hybridized carbons (Fsp3) is 0.500. The molecule has 0 fully saturated rings. The molecule has 98 valence electrons. The number of aryl methyl sites for hydroxylation is 1. The van der Waals surface area contributed by atoms with Crippen molar-refractivity contribution in [2.24, 2.45) is 5.73 Å². The molecular formula is C14H20N2O2. The molecule has 1 aliphatic heterocycles. The van der Waals surface area contributed by atoms with Gasteiger partial charge in [0, 0.05) is 30.5 Å². The molecule has 1 amide bonds. The van der Waals surface area contributed by atoms with Gasteiger partial charge in [-0.2, -0.15) is 0 Å². The molecule has 4 nitrogen and oxygen atoms in total. The van der Waals surface area contributed by atoms with Crippen LogP contribution in [0.3, 0.4) is 0 Å². The molecule has 0 saturated carbocycles. The maximum Gasteiger partial charge on any atom is 0.217 e. The first-order valence-electron chi connectivity index (χ1n) is 6.29. The number of amides is 1. The van der Waals surface area contributed by atoms with E-state index in [2.05, 4.69) is 17.4 Å². The van der Waals surface area contributed by atoms with Gasteiger partial charge >= 0.3 is 0 Å². The van der Waals surface area contributed by atoms with Crippen LogP contribution >= 0.6 is 0 Å². The van der Waals surface area contributed by atoms with Gasteiger partial charge in [-0.25, -0.2) is 0 Å². The van der Waals surface area contributed by atoms with Crippen molar-refractivity contribution in [3.63, 3.8) is 0 Å². The summed E-state index contributed by atoms with van der Waals surface area (Å²) < 4.78 is 5.75. The Kier molecular flexibility index (Phi) is 3.57. The van der Waals surface area contributed by atoms with E-state index in [-0.39, 0.29) is 18.0 Å². The molecule has 0 aliphatic carbocycles. The minimum Gasteiger partial charge on any atom is -0.493 e. The van der Waals surface area contributed by atoms with Crippen molar-refractivity contribution in [3.05, 3.63) is 28.8 Å². The minimum atomic E-state index is -0.0743. The SMILES string of the molecule is CC(=O)NC1CCOc2c(C(C)N)cc(C)cc21. The van der Waals surface area contributed by atoms with Gasteiger partial charge in [-0.3, -0.25) is 4.79 Å². The van der Waals surface area contributed by atoms with E-state index >= 15 is 0 Å². The number of carbonyl (C=O) groups is 1. The van der Waals surface area contributed by atoms with Crippen LogP contribution in [0.25, 0.3) is 0 Å². The van der Waals surface area contributed by atoms with E-state index in [1.54, 1.807) is 0 Å². The van der Waals surface area contributed by atoms with Crippen molar-refractivity contribution < 1.29 is 9.53 Å². The third kappa shape index (κ3) is 2.48. The molecule has 2 rings (SSSR count). The third-order valence-electron chi connectivity index (χ3n) is 3.19. The molecule has 2 unspecified atom stereocenters. The topological polar surface area (TPSA) is 64.3 Å². The van der Waals surface area contributed by atoms with Gasteiger partial charge < -0.3 is 15.8 Å². The summed E-state index contributed by atoms with van der Waals surface area (Å²) in [6, 6.07) is 4.08. The van der Waals surface area contributed by atoms with Crippen molar-refractivity contribution in [1.82, 2.24) is 5.32 Å². The Hall–Kier alpha value is -1.55. The highest BCUT2D eigenvalue weighted by Crippen LogP contribution is 2.38. The van der Waals surface area contributed by atoms with Gasteiger partial charge in [0.05, 0.1) is 12.6 Å². The molecule has 0 saturated heterocycles. The first-order valence-corrected chi connectivity index (χ1v) is 6.29. The molecule has 1 aliphatic rings. The Balaban J connectivity index is 2.46. The van der Waals surface area contributed by atoms with E-state index in [1.165, 1.54) is 6.92 Å². The summed E-state index contributed by atoms with van der Waals surface area (Å²) in [6.07, 6.45) is 0.800. The minimum absolute atomic E-state index is 0.0169. The van der Waals surface area contributed by atoms with Gasteiger partial charge in [0.1, 0.15) is 5.75 Å². The van der Waals surface area contributed by atoms with Crippen LogP contribution in [0.15, 0.2) is 12.1 Å². The number of ether oxygens (including phenoxy) is 1. The maximum atomic E-state index is 11.2. The number of hydrogen-bond donors (Lipinski definition) is 2. The highest BCUT2D eigenvalue weighted by atomic mass is 16.5. The lowest BCUT2D eigenvalue weighted by Gasteiger charge is -2.29. The van der Waals surface area contributed by atoms with E-state index in [9.17, 15) is 4.79 Å². The maximum absolute atomic E-state index is 11.2. The quantitative estimate of drug-likeness (QED) is 0.841. The zero-order chi connectivity index (χ0) is 13.3. The molecule has 0 spiro atoms. The molecule has 1 aromatic rings. The Morgan fingerprint density at radius 3 is 2.89 bits per heavy atom. The van der Waals surface area contributed by atoms with Crippen LogP contribution in [0, 0.1) is 6.92 Å². The number of hydrogen-bond acceptors (Lipinski definition) is 3. The second-order valence-corrected chi connectivity index (χ2v) is 4.95. The summed E-state index contributed by atoms with van der Waals surface area (Å²) in [4.78, 5) is 11.2. The summed E-state index contributed by atoms with van der Waals surface area (Å²) in [7, 11) is 0. The molecule has 0 aromatic heterocycles. The van der Waals surface area contributed by atoms with Crippen LogP contribution in [0.1, 0.15) is 49.0 Å². The van der Waals surface area contributed by atoms with E-state index < -0.39 is 0 Å². The van der Waals surface area contributed by atoms with Crippen LogP contribution in [0.2, 0.25) is 0 Å². The van der Waals surface area contributed by atoms with E-state index in [1.807, 2.05) is 13.8 Å². The standard InChI is InChI=1S/C14H20N2O2/c1-8-6-11(9(2)15)14-12(7-8)13(4-5-18-14)16-10(3)17/h6-7,9,13H,4-5,15H2,1-3H3,(H,16,17). The summed E-state index contributed by atoms with van der Waals surface area (Å²) in [5.41, 5.74) is 9.19. The van der Waals surface area contributed by atoms with E-state index in [0.29, 0.717) is 6.61 Å². The van der Waals surface area contributed by atoms with Crippen LogP contribution in [0.4, 0.5) is 0 Å². The van der Waals surface area contributed by atoms with Crippen LogP contribution in [-0.4, -0.2) is 12.5 Å². The Bertz CT molecular complexity index is 469. The highest BCUT2D eigenvalue weighted by molar-refractivity contribution is 5.73. The normalized spacial score (nSPS) is 19.7. The van der Waals surface area contributed by atoms with Crippen molar-refractivity contribution in [3.8, 4) is 5.75 Å². The molecule has 0 radical (unpaired) electrons. The summed E-state index contributed by atoms with van der Waals surface area (Å²) in [5.74, 6) is 0.831. The number of nitrogens with two attached hydrogens (primary N) is 1. The van der Waals surface area contributed by atoms with Gasteiger partial charge in [0.25, 0.3) is 0 Å². The summed E-state index contributed by atoms with van der Waals surface area (Å²) in [5, 5.41) is 2.97. The second kappa shape index (κ2) is 4.98. The smallest absolute Gasteiger partial charge is 0.217 e. The van der Waals surface area contributed by atoms with Crippen LogP contribution in [-0.2, 0) is 4.79 Å². The first-order chi connectivity index (χ1) is 8.49. The first kappa shape index (κ1) is 12.9. The predicted octanol–water partition coefficient (Wildman–Crippen LogP) is 1.97. The van der Waals surface area contributed by atoms with Crippen LogP contribution in [0.5, 0.6) is 5.75 Å². The van der Waals surface area contributed by atoms with Gasteiger partial charge in [-0.15, -0.1) is 0 Å². The lowest BCUT2D eigenvalue weighted by atomic mass is 9.93. The number of rotatable bonds is 2. The fourth-order valence-corrected chi connectivity index (χ4v) is 2.42. The highest BCUT2D eigenvalue weighted by Gasteiger charge is 2.25. The average molecular weight is 248 g/mol. The van der Waals surface area contributed by atoms with Crippen molar-refractivity contribution >= 4 is 5.91 Å². The number of benzene rings is 1. The molecule has 1 aromatic carbocycles. The van der Waals surface area contributed by atoms with Crippen molar-refractivity contribution in [2.75, 3.05) is 6.61 Å². The van der Waals surface area contributed by atoms with Gasteiger partial charge in [-0.05, 0) is 13.8 Å². The number of carbonyl (C=O) groups excluding carboxylic acids is 1. The Morgan fingerprint density at radius 2 is 2.28 bits per heavy atom. The summed E-state index contributed by atoms with van der Waals surface area (Å²) >= 11 is 0. The van der Waals surface area contributed by atoms with Gasteiger partial charge in [-0.1, -0.05) is 17.7 Å². The molecule has 18 heavy (non-hydrogen) atoms. The number of fused-ring (bicyclic) bond motifs is 1. The van der Waals surface area contributed by atoms with Crippen molar-refractivity contribution in [2.45, 2.75) is 39.3 Å². The molecular weight excluding hydrogens is 228 g/mol. The molecule has 0 bridgehead atoms. The van der Waals surface area contributed by atoms with Crippen molar-refractivity contribution in [1.29, 1.82) is 0 Å². The molecule has 1 heterocycles. The van der Waals surface area contributed by atoms with Gasteiger partial charge in [0.15, 0.2) is 0 Å². The second-order valence-electron chi connectivity index (χ2n) is 4.95. The summed E-state index contributed by atoms with van der Waals surface area (Å²) in [6.45, 7) is 6.13. The fourth-order valence-electron chi connectivity index (χ4n) is 2.42. The number of nitrogens with one attached hydrogen (secondary N) is 1. The lowest BCUT2D eigenvalue weighted by Crippen LogP contribution is -2.31. The van der Waals surface area contributed by atoms with Gasteiger partial charge in [0.2, 0.25) is 5.91 Å². The zero-order valence-corrected chi connectivity index (χ0v) is 11.1. The third-order valence-corrected chi connectivity index (χ3v) is 3.19. The zero-order valence-electron chi connectivity index (χ0n) is 11.1. The van der Waals surface area contributed by atoms with E-state index in [0.717, 1.165) is 28.9 Å². The Labute approximate surface area is 108 Å². The predicted molar refractivity (Wildman–Crippen MR) is 70.5 cm³/mol. The molecule has 3 N–H and O–H groups in total. The van der Waals surface area contributed by atoms with Crippen LogP contribution < -0.4 is 15.8 Å². The monoisotopic (exact) mass is 248 g/mol. The average Bonchev–Trinajstić information content (AvgIpc) is 2.28. The van der Waals surface area contributed by atoms with E-state index in [4.69, 9.17) is 10.5 Å². The lowest BCUT2D eigenvalue weighted by molar-refractivity contribution is -0.119.